The van der Waals surface area contributed by atoms with Crippen LogP contribution in [0.4, 0.5) is 0 Å². The smallest absolute Gasteiger partial charge is 0.119 e. The molecule has 3 rings (SSSR count). The predicted octanol–water partition coefficient (Wildman–Crippen LogP) is 9.00. The van der Waals surface area contributed by atoms with Crippen molar-refractivity contribution in [2.45, 2.75) is 96.8 Å². The van der Waals surface area contributed by atoms with E-state index in [1.54, 1.807) is 6.20 Å². The monoisotopic (exact) mass is 461 g/mol. The molecule has 0 atom stereocenters. The Bertz CT molecular complexity index is 889. The Morgan fingerprint density at radius 1 is 0.676 bits per heavy atom. The predicted molar refractivity (Wildman–Crippen MR) is 143 cm³/mol. The van der Waals surface area contributed by atoms with Gasteiger partial charge in [0, 0.05) is 11.8 Å². The minimum Gasteiger partial charge on any atom is -0.494 e. The summed E-state index contributed by atoms with van der Waals surface area (Å²) in [6.07, 6.45) is 21.1. The summed E-state index contributed by atoms with van der Waals surface area (Å²) in [4.78, 5) is 4.37. The number of rotatable bonds is 18. The Labute approximate surface area is 206 Å². The molecule has 0 radical (unpaired) electrons. The van der Waals surface area contributed by atoms with Crippen LogP contribution in [0.2, 0.25) is 0 Å². The molecule has 0 saturated carbocycles. The van der Waals surface area contributed by atoms with Crippen LogP contribution >= 0.6 is 0 Å². The highest BCUT2D eigenvalue weighted by Gasteiger charge is 2.07. The van der Waals surface area contributed by atoms with Crippen LogP contribution in [0.15, 0.2) is 54.7 Å². The Hall–Kier alpha value is -2.62. The van der Waals surface area contributed by atoms with E-state index in [0.717, 1.165) is 41.4 Å². The molecule has 4 heteroatoms. The van der Waals surface area contributed by atoms with E-state index < -0.39 is 0 Å². The zero-order chi connectivity index (χ0) is 23.7. The lowest BCUT2D eigenvalue weighted by molar-refractivity contribution is 0.304. The summed E-state index contributed by atoms with van der Waals surface area (Å²) in [7, 11) is 0. The lowest BCUT2D eigenvalue weighted by atomic mass is 10.0. The lowest BCUT2D eigenvalue weighted by Crippen LogP contribution is -1.97. The van der Waals surface area contributed by atoms with Crippen molar-refractivity contribution in [2.75, 3.05) is 6.61 Å². The van der Waals surface area contributed by atoms with Gasteiger partial charge in [-0.3, -0.25) is 10.1 Å². The quantitative estimate of drug-likeness (QED) is 0.192. The van der Waals surface area contributed by atoms with E-state index in [1.807, 2.05) is 36.4 Å². The molecular weight excluding hydrogens is 418 g/mol. The van der Waals surface area contributed by atoms with Gasteiger partial charge in [-0.1, -0.05) is 96.5 Å². The van der Waals surface area contributed by atoms with Gasteiger partial charge >= 0.3 is 0 Å². The van der Waals surface area contributed by atoms with E-state index in [2.05, 4.69) is 34.2 Å². The zero-order valence-electron chi connectivity index (χ0n) is 21.1. The fourth-order valence-corrected chi connectivity index (χ4v) is 4.33. The third kappa shape index (κ3) is 9.70. The summed E-state index contributed by atoms with van der Waals surface area (Å²) < 4.78 is 5.94. The van der Waals surface area contributed by atoms with Crippen molar-refractivity contribution in [1.29, 1.82) is 0 Å². The number of hydrogen-bond acceptors (Lipinski definition) is 3. The summed E-state index contributed by atoms with van der Waals surface area (Å²) in [6.45, 7) is 3.08. The molecule has 0 spiro atoms. The highest BCUT2D eigenvalue weighted by atomic mass is 16.5. The molecule has 0 fully saturated rings. The molecule has 34 heavy (non-hydrogen) atoms. The highest BCUT2D eigenvalue weighted by Crippen LogP contribution is 2.24. The van der Waals surface area contributed by atoms with Crippen molar-refractivity contribution < 1.29 is 4.74 Å². The number of ether oxygens (including phenoxy) is 1. The Balaban J connectivity index is 1.20. The van der Waals surface area contributed by atoms with Crippen LogP contribution in [-0.4, -0.2) is 21.8 Å². The van der Waals surface area contributed by atoms with Crippen LogP contribution in [0, 0.1) is 0 Å². The van der Waals surface area contributed by atoms with Gasteiger partial charge in [0.2, 0.25) is 0 Å². The van der Waals surface area contributed by atoms with Crippen LogP contribution in [0.3, 0.4) is 0 Å². The second-order valence-corrected chi connectivity index (χ2v) is 9.35. The maximum atomic E-state index is 5.94. The first-order chi connectivity index (χ1) is 16.9. The summed E-state index contributed by atoms with van der Waals surface area (Å²) in [5, 5.41) is 7.51. The first-order valence-corrected chi connectivity index (χ1v) is 13.6. The van der Waals surface area contributed by atoms with Crippen molar-refractivity contribution >= 4 is 0 Å². The Morgan fingerprint density at radius 3 is 1.88 bits per heavy atom. The molecule has 1 aromatic carbocycles. The molecule has 0 unspecified atom stereocenters. The zero-order valence-corrected chi connectivity index (χ0v) is 21.1. The van der Waals surface area contributed by atoms with Gasteiger partial charge in [-0.25, -0.2) is 0 Å². The van der Waals surface area contributed by atoms with E-state index in [0.29, 0.717) is 0 Å². The number of aromatic nitrogens is 3. The Kier molecular flexibility index (Phi) is 12.3. The van der Waals surface area contributed by atoms with Gasteiger partial charge in [0.25, 0.3) is 0 Å². The average Bonchev–Trinajstić information content (AvgIpc) is 3.38. The van der Waals surface area contributed by atoms with E-state index in [1.165, 1.54) is 83.5 Å². The van der Waals surface area contributed by atoms with Gasteiger partial charge in [0.15, 0.2) is 0 Å². The summed E-state index contributed by atoms with van der Waals surface area (Å²) in [5.41, 5.74) is 3.81. The van der Waals surface area contributed by atoms with Gasteiger partial charge in [-0.05, 0) is 48.9 Å². The second-order valence-electron chi connectivity index (χ2n) is 9.35. The second kappa shape index (κ2) is 16.1. The average molecular weight is 462 g/mol. The topological polar surface area (TPSA) is 50.8 Å². The molecule has 0 aliphatic heterocycles. The van der Waals surface area contributed by atoms with Gasteiger partial charge in [0.1, 0.15) is 5.75 Å². The van der Waals surface area contributed by atoms with Gasteiger partial charge in [0.05, 0.1) is 23.7 Å². The molecule has 0 aliphatic carbocycles. The van der Waals surface area contributed by atoms with E-state index in [-0.39, 0.29) is 0 Å². The van der Waals surface area contributed by atoms with Crippen LogP contribution in [0.1, 0.15) is 96.8 Å². The standard InChI is InChI=1S/C30H43N3O/c1-2-3-4-5-6-7-8-9-10-11-12-13-14-17-24-34-27-21-19-26(20-22-27)29-25-30(33-32-29)28-18-15-16-23-31-28/h15-16,18-23,25H,2-14,17,24H2,1H3,(H,32,33). The molecule has 184 valence electrons. The number of hydrogen-bond donors (Lipinski definition) is 1. The number of nitrogens with one attached hydrogen (secondary N) is 1. The van der Waals surface area contributed by atoms with Crippen LogP contribution < -0.4 is 4.74 Å². The van der Waals surface area contributed by atoms with Crippen molar-refractivity contribution in [3.8, 4) is 28.4 Å². The number of pyridine rings is 1. The van der Waals surface area contributed by atoms with Crippen molar-refractivity contribution in [2.24, 2.45) is 0 Å². The minimum absolute atomic E-state index is 0.795. The van der Waals surface area contributed by atoms with Crippen molar-refractivity contribution in [3.05, 3.63) is 54.7 Å². The molecule has 3 aromatic rings. The molecule has 4 nitrogen and oxygen atoms in total. The van der Waals surface area contributed by atoms with E-state index in [9.17, 15) is 0 Å². The Morgan fingerprint density at radius 2 is 1.29 bits per heavy atom. The minimum atomic E-state index is 0.795. The lowest BCUT2D eigenvalue weighted by Gasteiger charge is -2.07. The summed E-state index contributed by atoms with van der Waals surface area (Å²) in [6, 6.07) is 16.1. The SMILES string of the molecule is CCCCCCCCCCCCCCCCOc1ccc(-c2cc(-c3ccccn3)[nH]n2)cc1. The number of aromatic amines is 1. The number of H-pyrrole nitrogens is 1. The fourth-order valence-electron chi connectivity index (χ4n) is 4.33. The number of nitrogens with zero attached hydrogens (tertiary/aromatic N) is 2. The molecule has 0 amide bonds. The third-order valence-corrected chi connectivity index (χ3v) is 6.44. The van der Waals surface area contributed by atoms with Crippen LogP contribution in [0.5, 0.6) is 5.75 Å². The fraction of sp³-hybridized carbons (Fsp3) is 0.533. The maximum absolute atomic E-state index is 5.94. The number of benzene rings is 1. The normalized spacial score (nSPS) is 11.1. The van der Waals surface area contributed by atoms with E-state index in [4.69, 9.17) is 4.74 Å². The van der Waals surface area contributed by atoms with E-state index >= 15 is 0 Å². The highest BCUT2D eigenvalue weighted by molar-refractivity contribution is 5.66. The molecule has 2 heterocycles. The molecule has 0 bridgehead atoms. The first kappa shape index (κ1) is 26.0. The molecule has 0 aliphatic rings. The largest absolute Gasteiger partial charge is 0.494 e. The van der Waals surface area contributed by atoms with Gasteiger partial charge < -0.3 is 4.74 Å². The molecular formula is C30H43N3O. The van der Waals surface area contributed by atoms with Gasteiger partial charge in [-0.2, -0.15) is 5.10 Å². The first-order valence-electron chi connectivity index (χ1n) is 13.6. The summed E-state index contributed by atoms with van der Waals surface area (Å²) in [5.74, 6) is 0.930. The summed E-state index contributed by atoms with van der Waals surface area (Å²) >= 11 is 0. The van der Waals surface area contributed by atoms with Crippen molar-refractivity contribution in [1.82, 2.24) is 15.2 Å². The van der Waals surface area contributed by atoms with Crippen LogP contribution in [-0.2, 0) is 0 Å². The molecule has 2 aromatic heterocycles. The number of unbranched alkanes of at least 4 members (excludes halogenated alkanes) is 13. The van der Waals surface area contributed by atoms with Crippen molar-refractivity contribution in [3.63, 3.8) is 0 Å². The van der Waals surface area contributed by atoms with Gasteiger partial charge in [-0.15, -0.1) is 0 Å². The van der Waals surface area contributed by atoms with Crippen LogP contribution in [0.25, 0.3) is 22.6 Å². The third-order valence-electron chi connectivity index (χ3n) is 6.44. The molecule has 0 saturated heterocycles. The molecule has 1 N–H and O–H groups in total. The maximum Gasteiger partial charge on any atom is 0.119 e.